The van der Waals surface area contributed by atoms with Gasteiger partial charge >= 0.3 is 0 Å². The number of thioether (sulfide) groups is 1. The van der Waals surface area contributed by atoms with Gasteiger partial charge in [-0.3, -0.25) is 9.59 Å². The lowest BCUT2D eigenvalue weighted by Gasteiger charge is -2.27. The van der Waals surface area contributed by atoms with Gasteiger partial charge in [-0.05, 0) is 24.3 Å². The van der Waals surface area contributed by atoms with E-state index in [1.165, 1.54) is 11.8 Å². The Bertz CT molecular complexity index is 1070. The fourth-order valence-corrected chi connectivity index (χ4v) is 4.96. The number of nitrogen functional groups attached to an aromatic ring is 1. The van der Waals surface area contributed by atoms with Crippen LogP contribution >= 0.6 is 23.4 Å². The van der Waals surface area contributed by atoms with Crippen molar-refractivity contribution < 1.29 is 9.59 Å². The van der Waals surface area contributed by atoms with E-state index < -0.39 is 4.75 Å². The Hall–Kier alpha value is -2.76. The second kappa shape index (κ2) is 7.34. The first-order valence-electron chi connectivity index (χ1n) is 8.73. The van der Waals surface area contributed by atoms with Crippen LogP contribution in [0.25, 0.3) is 0 Å². The number of amides is 1. The highest BCUT2D eigenvalue weighted by Crippen LogP contribution is 2.53. The minimum absolute atomic E-state index is 0.0104. The summed E-state index contributed by atoms with van der Waals surface area (Å²) >= 11 is 7.42. The Morgan fingerprint density at radius 3 is 2.54 bits per heavy atom. The van der Waals surface area contributed by atoms with Crippen LogP contribution in [0.4, 0.5) is 11.4 Å². The van der Waals surface area contributed by atoms with Gasteiger partial charge in [-0.1, -0.05) is 60.1 Å². The molecule has 0 aliphatic carbocycles. The highest BCUT2D eigenvalue weighted by Gasteiger charge is 2.49. The number of hydrogen-bond acceptors (Lipinski definition) is 4. The fourth-order valence-electron chi connectivity index (χ4n) is 3.34. The summed E-state index contributed by atoms with van der Waals surface area (Å²) in [6.45, 7) is 0. The number of nitrogens with two attached hydrogens (primary N) is 1. The lowest BCUT2D eigenvalue weighted by molar-refractivity contribution is -0.118. The predicted octanol–water partition coefficient (Wildman–Crippen LogP) is 5.13. The van der Waals surface area contributed by atoms with Crippen LogP contribution in [-0.4, -0.2) is 11.7 Å². The van der Waals surface area contributed by atoms with E-state index in [0.717, 1.165) is 5.56 Å². The number of hydrogen-bond donors (Lipinski definition) is 2. The van der Waals surface area contributed by atoms with Gasteiger partial charge in [-0.15, -0.1) is 11.8 Å². The number of carbonyl (C=O) groups excluding carboxylic acids is 2. The molecule has 3 N–H and O–H groups in total. The minimum Gasteiger partial charge on any atom is -0.398 e. The first-order valence-corrected chi connectivity index (χ1v) is 9.92. The van der Waals surface area contributed by atoms with E-state index in [2.05, 4.69) is 5.32 Å². The summed E-state index contributed by atoms with van der Waals surface area (Å²) < 4.78 is -1.12. The van der Waals surface area contributed by atoms with Gasteiger partial charge < -0.3 is 11.1 Å². The Balaban J connectivity index is 1.81. The number of rotatable bonds is 5. The minimum atomic E-state index is -1.12. The fraction of sp³-hybridized carbons (Fsp3) is 0.0909. The maximum Gasteiger partial charge on any atom is 0.246 e. The second-order valence-corrected chi connectivity index (χ2v) is 8.35. The van der Waals surface area contributed by atoms with Crippen molar-refractivity contribution >= 4 is 46.4 Å². The van der Waals surface area contributed by atoms with Crippen molar-refractivity contribution in [1.82, 2.24) is 0 Å². The van der Waals surface area contributed by atoms with E-state index in [1.54, 1.807) is 30.3 Å². The molecular formula is C22H17ClN2O2S. The zero-order valence-electron chi connectivity index (χ0n) is 14.8. The molecule has 0 aromatic heterocycles. The molecular weight excluding hydrogens is 392 g/mol. The number of carbonyl (C=O) groups is 2. The number of halogens is 1. The lowest BCUT2D eigenvalue weighted by atomic mass is 9.91. The van der Waals surface area contributed by atoms with Gasteiger partial charge in [0.1, 0.15) is 4.75 Å². The molecule has 140 valence electrons. The zero-order valence-corrected chi connectivity index (χ0v) is 16.4. The summed E-state index contributed by atoms with van der Waals surface area (Å²) in [6, 6.07) is 21.5. The standard InChI is InChI=1S/C22H17ClN2O2S/c23-15-10-11-17(24)20(12-15)28-22(13-19(26)14-6-2-1-3-7-14)16-8-4-5-9-18(16)25-21(22)27/h1-12H,13,24H2,(H,25,27). The molecule has 1 amide bonds. The second-order valence-electron chi connectivity index (χ2n) is 6.58. The van der Waals surface area contributed by atoms with Gasteiger partial charge in [0, 0.05) is 38.8 Å². The molecule has 0 saturated heterocycles. The topological polar surface area (TPSA) is 72.2 Å². The van der Waals surface area contributed by atoms with Crippen molar-refractivity contribution in [2.45, 2.75) is 16.1 Å². The molecule has 1 atom stereocenters. The van der Waals surface area contributed by atoms with Crippen LogP contribution in [0.2, 0.25) is 5.02 Å². The highest BCUT2D eigenvalue weighted by atomic mass is 35.5. The average molecular weight is 409 g/mol. The van der Waals surface area contributed by atoms with Crippen molar-refractivity contribution in [2.75, 3.05) is 11.1 Å². The van der Waals surface area contributed by atoms with Crippen LogP contribution in [0.15, 0.2) is 77.7 Å². The van der Waals surface area contributed by atoms with Gasteiger partial charge in [-0.25, -0.2) is 0 Å². The normalized spacial score (nSPS) is 17.8. The van der Waals surface area contributed by atoms with Crippen molar-refractivity contribution in [3.05, 3.63) is 88.9 Å². The van der Waals surface area contributed by atoms with E-state index >= 15 is 0 Å². The van der Waals surface area contributed by atoms with E-state index in [4.69, 9.17) is 17.3 Å². The number of Topliss-reactive ketones (excluding diaryl/α,β-unsaturated/α-hetero) is 1. The zero-order chi connectivity index (χ0) is 19.7. The lowest BCUT2D eigenvalue weighted by Crippen LogP contribution is -2.33. The molecule has 0 radical (unpaired) electrons. The monoisotopic (exact) mass is 408 g/mol. The molecule has 4 nitrogen and oxygen atoms in total. The number of nitrogens with one attached hydrogen (secondary N) is 1. The average Bonchev–Trinajstić information content (AvgIpc) is 2.97. The van der Waals surface area contributed by atoms with Crippen LogP contribution < -0.4 is 11.1 Å². The van der Waals surface area contributed by atoms with Crippen LogP contribution in [0, 0.1) is 0 Å². The SMILES string of the molecule is Nc1ccc(Cl)cc1SC1(CC(=O)c2ccccc2)C(=O)Nc2ccccc21. The Kier molecular flexibility index (Phi) is 4.87. The molecule has 4 rings (SSSR count). The molecule has 0 spiro atoms. The Morgan fingerprint density at radius 1 is 1.04 bits per heavy atom. The van der Waals surface area contributed by atoms with Gasteiger partial charge in [-0.2, -0.15) is 0 Å². The summed E-state index contributed by atoms with van der Waals surface area (Å²) in [5, 5.41) is 3.43. The Labute approximate surface area is 172 Å². The third kappa shape index (κ3) is 3.28. The third-order valence-corrected chi connectivity index (χ3v) is 6.45. The van der Waals surface area contributed by atoms with Gasteiger partial charge in [0.25, 0.3) is 0 Å². The summed E-state index contributed by atoms with van der Waals surface area (Å²) in [4.78, 5) is 26.9. The number of ketones is 1. The number of para-hydroxylation sites is 1. The van der Waals surface area contributed by atoms with Crippen LogP contribution in [0.5, 0.6) is 0 Å². The molecule has 1 heterocycles. The van der Waals surface area contributed by atoms with E-state index in [-0.39, 0.29) is 18.1 Å². The number of benzene rings is 3. The van der Waals surface area contributed by atoms with Crippen LogP contribution in [0.3, 0.4) is 0 Å². The van der Waals surface area contributed by atoms with E-state index in [9.17, 15) is 9.59 Å². The summed E-state index contributed by atoms with van der Waals surface area (Å²) in [5.41, 5.74) is 8.70. The molecule has 1 aliphatic rings. The quantitative estimate of drug-likeness (QED) is 0.453. The van der Waals surface area contributed by atoms with Crippen molar-refractivity contribution in [3.8, 4) is 0 Å². The maximum atomic E-state index is 13.2. The van der Waals surface area contributed by atoms with Gasteiger partial charge in [0.15, 0.2) is 5.78 Å². The van der Waals surface area contributed by atoms with Crippen molar-refractivity contribution in [2.24, 2.45) is 0 Å². The molecule has 0 fully saturated rings. The van der Waals surface area contributed by atoms with Crippen molar-refractivity contribution in [3.63, 3.8) is 0 Å². The maximum absolute atomic E-state index is 13.2. The first kappa shape index (κ1) is 18.6. The molecule has 28 heavy (non-hydrogen) atoms. The molecule has 0 bridgehead atoms. The summed E-state index contributed by atoms with van der Waals surface area (Å²) in [5.74, 6) is -0.345. The van der Waals surface area contributed by atoms with Crippen molar-refractivity contribution in [1.29, 1.82) is 0 Å². The third-order valence-electron chi connectivity index (χ3n) is 4.74. The van der Waals surface area contributed by atoms with E-state index in [1.807, 2.05) is 42.5 Å². The predicted molar refractivity (Wildman–Crippen MR) is 114 cm³/mol. The van der Waals surface area contributed by atoms with Gasteiger partial charge in [0.2, 0.25) is 5.91 Å². The molecule has 0 saturated carbocycles. The molecule has 1 aliphatic heterocycles. The highest BCUT2D eigenvalue weighted by molar-refractivity contribution is 8.01. The van der Waals surface area contributed by atoms with Crippen LogP contribution in [0.1, 0.15) is 22.3 Å². The van der Waals surface area contributed by atoms with Gasteiger partial charge in [0.05, 0.1) is 0 Å². The summed E-state index contributed by atoms with van der Waals surface area (Å²) in [6.07, 6.45) is 0.0104. The first-order chi connectivity index (χ1) is 13.5. The molecule has 3 aromatic carbocycles. The van der Waals surface area contributed by atoms with E-state index in [0.29, 0.717) is 26.9 Å². The molecule has 1 unspecified atom stereocenters. The summed E-state index contributed by atoms with van der Waals surface area (Å²) in [7, 11) is 0. The molecule has 3 aromatic rings. The Morgan fingerprint density at radius 2 is 1.75 bits per heavy atom. The van der Waals surface area contributed by atoms with Crippen LogP contribution in [-0.2, 0) is 9.54 Å². The largest absolute Gasteiger partial charge is 0.398 e. The number of fused-ring (bicyclic) bond motifs is 1. The molecule has 6 heteroatoms. The smallest absolute Gasteiger partial charge is 0.246 e. The number of anilines is 2.